The lowest BCUT2D eigenvalue weighted by Gasteiger charge is -2.44. The van der Waals surface area contributed by atoms with Crippen molar-refractivity contribution in [1.82, 2.24) is 14.5 Å². The number of hydrogen-bond donors (Lipinski definition) is 1. The smallest absolute Gasteiger partial charge is 0.260 e. The van der Waals surface area contributed by atoms with Crippen LogP contribution in [0.15, 0.2) is 42.5 Å². The minimum absolute atomic E-state index is 0.0721. The Morgan fingerprint density at radius 2 is 1.74 bits per heavy atom. The Kier molecular flexibility index (Phi) is 9.43. The monoisotopic (exact) mass is 567 g/mol. The summed E-state index contributed by atoms with van der Waals surface area (Å²) in [7, 11) is -4.03. The topological polar surface area (TPSA) is 96.0 Å². The zero-order valence-electron chi connectivity index (χ0n) is 22.3. The van der Waals surface area contributed by atoms with E-state index in [4.69, 9.17) is 16.3 Å². The molecule has 38 heavy (non-hydrogen) atoms. The van der Waals surface area contributed by atoms with Crippen LogP contribution in [0, 0.1) is 11.2 Å². The second-order valence-electron chi connectivity index (χ2n) is 10.8. The van der Waals surface area contributed by atoms with E-state index in [1.165, 1.54) is 24.3 Å². The highest BCUT2D eigenvalue weighted by Crippen LogP contribution is 2.26. The van der Waals surface area contributed by atoms with E-state index >= 15 is 0 Å². The lowest BCUT2D eigenvalue weighted by molar-refractivity contribution is -0.139. The van der Waals surface area contributed by atoms with Gasteiger partial charge in [0.05, 0.1) is 5.75 Å². The maximum absolute atomic E-state index is 13.2. The maximum atomic E-state index is 13.2. The predicted molar refractivity (Wildman–Crippen MR) is 145 cm³/mol. The van der Waals surface area contributed by atoms with Crippen molar-refractivity contribution in [2.24, 2.45) is 5.41 Å². The minimum Gasteiger partial charge on any atom is -0.483 e. The number of sulfonamides is 1. The first-order valence-corrected chi connectivity index (χ1v) is 14.4. The van der Waals surface area contributed by atoms with E-state index < -0.39 is 27.1 Å². The molecule has 0 unspecified atom stereocenters. The third-order valence-electron chi connectivity index (χ3n) is 6.38. The molecule has 2 amide bonds. The molecule has 2 aromatic rings. The average molecular weight is 568 g/mol. The minimum atomic E-state index is -4.03. The highest BCUT2D eigenvalue weighted by atomic mass is 35.5. The summed E-state index contributed by atoms with van der Waals surface area (Å²) in [5.74, 6) is -1.46. The standard InChI is InChI=1S/C27H35ClFN3O5S/c1-18-14-32(19(2)13-31(18)15-20-6-9-23(29)10-7-20)25(33)16-37-24-11-8-22(28)12-21(24)17-38(35,36)30-26(34)27(3,4)5/h6-12,18-19H,13-17H2,1-5H3,(H,30,34)/t18-,19+/m0/s1. The van der Waals surface area contributed by atoms with E-state index in [9.17, 15) is 22.4 Å². The lowest BCUT2D eigenvalue weighted by atomic mass is 9.96. The first-order valence-electron chi connectivity index (χ1n) is 12.4. The van der Waals surface area contributed by atoms with Gasteiger partial charge >= 0.3 is 0 Å². The molecule has 2 atom stereocenters. The van der Waals surface area contributed by atoms with Gasteiger partial charge in [0.2, 0.25) is 15.9 Å². The summed E-state index contributed by atoms with van der Waals surface area (Å²) >= 11 is 6.09. The Labute approximate surface area is 229 Å². The third-order valence-corrected chi connectivity index (χ3v) is 7.81. The number of halogens is 2. The molecule has 1 aliphatic heterocycles. The molecule has 1 heterocycles. The molecule has 1 N–H and O–H groups in total. The summed E-state index contributed by atoms with van der Waals surface area (Å²) in [6.07, 6.45) is 0. The molecular weight excluding hydrogens is 533 g/mol. The van der Waals surface area contributed by atoms with Crippen LogP contribution in [-0.4, -0.2) is 61.8 Å². The first kappa shape index (κ1) is 29.9. The fourth-order valence-corrected chi connectivity index (χ4v) is 5.64. The van der Waals surface area contributed by atoms with Crippen molar-refractivity contribution >= 4 is 33.4 Å². The number of rotatable bonds is 8. The van der Waals surface area contributed by atoms with Crippen molar-refractivity contribution in [2.75, 3.05) is 19.7 Å². The molecule has 0 aliphatic carbocycles. The predicted octanol–water partition coefficient (Wildman–Crippen LogP) is 3.97. The molecule has 208 valence electrons. The van der Waals surface area contributed by atoms with Crippen LogP contribution in [0.3, 0.4) is 0 Å². The van der Waals surface area contributed by atoms with Crippen LogP contribution in [0.4, 0.5) is 4.39 Å². The van der Waals surface area contributed by atoms with Crippen LogP contribution in [0.5, 0.6) is 5.75 Å². The number of carbonyl (C=O) groups is 2. The van der Waals surface area contributed by atoms with Gasteiger partial charge in [-0.3, -0.25) is 19.2 Å². The van der Waals surface area contributed by atoms with Gasteiger partial charge in [-0.2, -0.15) is 0 Å². The summed E-state index contributed by atoms with van der Waals surface area (Å²) in [5.41, 5.74) is 0.354. The van der Waals surface area contributed by atoms with Crippen molar-refractivity contribution in [3.8, 4) is 5.75 Å². The summed E-state index contributed by atoms with van der Waals surface area (Å²) in [5, 5.41) is 0.302. The van der Waals surface area contributed by atoms with Gasteiger partial charge in [-0.05, 0) is 49.7 Å². The van der Waals surface area contributed by atoms with Crippen LogP contribution in [0.25, 0.3) is 0 Å². The van der Waals surface area contributed by atoms with Crippen LogP contribution in [0.2, 0.25) is 5.02 Å². The first-order chi connectivity index (χ1) is 17.6. The highest BCUT2D eigenvalue weighted by molar-refractivity contribution is 7.89. The average Bonchev–Trinajstić information content (AvgIpc) is 2.80. The molecule has 0 saturated carbocycles. The molecule has 1 saturated heterocycles. The summed E-state index contributed by atoms with van der Waals surface area (Å²) in [4.78, 5) is 29.3. The second kappa shape index (κ2) is 12.0. The summed E-state index contributed by atoms with van der Waals surface area (Å²) in [6, 6.07) is 10.9. The van der Waals surface area contributed by atoms with Gasteiger partial charge in [0.25, 0.3) is 5.91 Å². The Hall–Kier alpha value is -2.69. The van der Waals surface area contributed by atoms with Gasteiger partial charge in [0.15, 0.2) is 6.61 Å². The zero-order valence-corrected chi connectivity index (χ0v) is 23.9. The Morgan fingerprint density at radius 1 is 1.08 bits per heavy atom. The van der Waals surface area contributed by atoms with Gasteiger partial charge in [0.1, 0.15) is 11.6 Å². The second-order valence-corrected chi connectivity index (χ2v) is 12.9. The molecule has 2 aromatic carbocycles. The largest absolute Gasteiger partial charge is 0.483 e. The molecule has 11 heteroatoms. The Bertz CT molecular complexity index is 1260. The number of carbonyl (C=O) groups excluding carboxylic acids is 2. The highest BCUT2D eigenvalue weighted by Gasteiger charge is 2.32. The van der Waals surface area contributed by atoms with Crippen molar-refractivity contribution < 1.29 is 27.1 Å². The van der Waals surface area contributed by atoms with Gasteiger partial charge in [-0.15, -0.1) is 0 Å². The van der Waals surface area contributed by atoms with Crippen LogP contribution in [-0.2, 0) is 31.9 Å². The van der Waals surface area contributed by atoms with E-state index in [1.807, 2.05) is 13.8 Å². The number of benzene rings is 2. The molecule has 0 spiro atoms. The number of piperazine rings is 1. The summed E-state index contributed by atoms with van der Waals surface area (Å²) in [6.45, 7) is 10.3. The number of ether oxygens (including phenoxy) is 1. The molecule has 0 bridgehead atoms. The number of hydrogen-bond acceptors (Lipinski definition) is 6. The van der Waals surface area contributed by atoms with E-state index in [1.54, 1.807) is 43.9 Å². The quantitative estimate of drug-likeness (QED) is 0.518. The molecule has 0 radical (unpaired) electrons. The van der Waals surface area contributed by atoms with Crippen molar-refractivity contribution in [3.05, 3.63) is 64.4 Å². The van der Waals surface area contributed by atoms with Crippen LogP contribution >= 0.6 is 11.6 Å². The van der Waals surface area contributed by atoms with E-state index in [-0.39, 0.29) is 41.7 Å². The van der Waals surface area contributed by atoms with E-state index in [0.29, 0.717) is 24.7 Å². The SMILES string of the molecule is C[C@@H]1CN(Cc2ccc(F)cc2)[C@@H](C)CN1C(=O)COc1ccc(Cl)cc1CS(=O)(=O)NC(=O)C(C)(C)C. The Morgan fingerprint density at radius 3 is 2.37 bits per heavy atom. The van der Waals surface area contributed by atoms with Crippen molar-refractivity contribution in [3.63, 3.8) is 0 Å². The fourth-order valence-electron chi connectivity index (χ4n) is 4.15. The molecular formula is C27H35ClFN3O5S. The van der Waals surface area contributed by atoms with Gasteiger partial charge < -0.3 is 9.64 Å². The fraction of sp³-hybridized carbons (Fsp3) is 0.481. The molecule has 3 rings (SSSR count). The van der Waals surface area contributed by atoms with Crippen molar-refractivity contribution in [2.45, 2.75) is 59.0 Å². The third kappa shape index (κ3) is 8.15. The number of nitrogens with zero attached hydrogens (tertiary/aromatic N) is 2. The van der Waals surface area contributed by atoms with E-state index in [0.717, 1.165) is 5.56 Å². The van der Waals surface area contributed by atoms with Crippen molar-refractivity contribution in [1.29, 1.82) is 0 Å². The van der Waals surface area contributed by atoms with Gasteiger partial charge in [-0.1, -0.05) is 44.5 Å². The molecule has 0 aromatic heterocycles. The summed E-state index contributed by atoms with van der Waals surface area (Å²) < 4.78 is 46.3. The number of nitrogens with one attached hydrogen (secondary N) is 1. The van der Waals surface area contributed by atoms with Crippen LogP contribution < -0.4 is 9.46 Å². The molecule has 1 fully saturated rings. The molecule has 8 nitrogen and oxygen atoms in total. The van der Waals surface area contributed by atoms with E-state index in [2.05, 4.69) is 9.62 Å². The van der Waals surface area contributed by atoms with Crippen LogP contribution in [0.1, 0.15) is 45.7 Å². The number of amides is 2. The maximum Gasteiger partial charge on any atom is 0.260 e. The van der Waals surface area contributed by atoms with Gasteiger partial charge in [-0.25, -0.2) is 12.8 Å². The normalized spacial score (nSPS) is 18.8. The van der Waals surface area contributed by atoms with Gasteiger partial charge in [0, 0.05) is 47.7 Å². The zero-order chi connectivity index (χ0) is 28.3. The Balaban J connectivity index is 1.63. The molecule has 1 aliphatic rings. The lowest BCUT2D eigenvalue weighted by Crippen LogP contribution is -2.58.